The Morgan fingerprint density at radius 2 is 1.91 bits per heavy atom. The van der Waals surface area contributed by atoms with Crippen LogP contribution in [0.4, 0.5) is 18.9 Å². The van der Waals surface area contributed by atoms with Gasteiger partial charge < -0.3 is 11.1 Å². The number of nitrogens with two attached hydrogens (primary N) is 1. The number of nitrogens with one attached hydrogen (secondary N) is 1. The van der Waals surface area contributed by atoms with Crippen LogP contribution in [0, 0.1) is 0 Å². The molecule has 10 heteroatoms. The van der Waals surface area contributed by atoms with E-state index < -0.39 is 17.6 Å². The second kappa shape index (κ2) is 9.27. The van der Waals surface area contributed by atoms with Crippen LogP contribution in [0.3, 0.4) is 0 Å². The van der Waals surface area contributed by atoms with E-state index in [2.05, 4.69) is 15.4 Å². The van der Waals surface area contributed by atoms with Crippen molar-refractivity contribution >= 4 is 29.0 Å². The average Bonchev–Trinajstić information content (AvgIpc) is 3.18. The van der Waals surface area contributed by atoms with Gasteiger partial charge in [-0.25, -0.2) is 4.99 Å². The Kier molecular flexibility index (Phi) is 6.69. The van der Waals surface area contributed by atoms with Gasteiger partial charge in [0.2, 0.25) is 0 Å². The molecule has 166 valence electrons. The van der Waals surface area contributed by atoms with Gasteiger partial charge in [-0.3, -0.25) is 9.48 Å². The van der Waals surface area contributed by atoms with Crippen LogP contribution in [-0.2, 0) is 13.2 Å². The highest BCUT2D eigenvalue weighted by Crippen LogP contribution is 2.39. The number of benzene rings is 2. The SMILES string of the molecule is CC(=CN)C(=Nc1ccccc1)NC(=O)c1cc(-c2ccn(C)n2)c(C(F)(F)F)cc1Cl. The molecule has 0 saturated heterocycles. The fourth-order valence-electron chi connectivity index (χ4n) is 2.85. The van der Waals surface area contributed by atoms with Crippen LogP contribution in [-0.4, -0.2) is 21.5 Å². The number of hydrogen-bond acceptors (Lipinski definition) is 4. The number of carbonyl (C=O) groups excluding carboxylic acids is 1. The van der Waals surface area contributed by atoms with Crippen LogP contribution in [0.2, 0.25) is 5.02 Å². The molecule has 2 aromatic carbocycles. The van der Waals surface area contributed by atoms with Crippen molar-refractivity contribution in [3.8, 4) is 11.3 Å². The summed E-state index contributed by atoms with van der Waals surface area (Å²) in [5, 5.41) is 6.26. The van der Waals surface area contributed by atoms with Crippen LogP contribution in [0.25, 0.3) is 11.3 Å². The van der Waals surface area contributed by atoms with E-state index in [1.807, 2.05) is 6.07 Å². The monoisotopic (exact) mass is 461 g/mol. The number of para-hydroxylation sites is 1. The number of alkyl halides is 3. The number of amidine groups is 1. The summed E-state index contributed by atoms with van der Waals surface area (Å²) in [6.45, 7) is 1.63. The quantitative estimate of drug-likeness (QED) is 0.419. The Morgan fingerprint density at radius 3 is 2.47 bits per heavy atom. The number of aromatic nitrogens is 2. The van der Waals surface area contributed by atoms with Gasteiger partial charge in [0.05, 0.1) is 27.5 Å². The molecule has 6 nitrogen and oxygen atoms in total. The molecule has 0 fully saturated rings. The predicted octanol–water partition coefficient (Wildman–Crippen LogP) is 5.08. The Labute approximate surface area is 187 Å². The molecule has 0 aliphatic rings. The van der Waals surface area contributed by atoms with E-state index in [4.69, 9.17) is 17.3 Å². The standard InChI is InChI=1S/C22H19ClF3N5O/c1-13(12-27)20(28-14-6-4-3-5-7-14)29-21(32)16-10-15(19-8-9-31(2)30-19)17(11-18(16)23)22(24,25)26/h3-12H,27H2,1-2H3,(H,28,29,32). The molecule has 0 spiro atoms. The summed E-state index contributed by atoms with van der Waals surface area (Å²) in [5.41, 5.74) is 5.23. The summed E-state index contributed by atoms with van der Waals surface area (Å²) >= 11 is 6.09. The maximum absolute atomic E-state index is 13.6. The lowest BCUT2D eigenvalue weighted by Crippen LogP contribution is -2.32. The van der Waals surface area contributed by atoms with Gasteiger partial charge in [-0.1, -0.05) is 29.8 Å². The van der Waals surface area contributed by atoms with Crippen molar-refractivity contribution in [3.05, 3.63) is 82.7 Å². The van der Waals surface area contributed by atoms with E-state index >= 15 is 0 Å². The van der Waals surface area contributed by atoms with Gasteiger partial charge >= 0.3 is 6.18 Å². The summed E-state index contributed by atoms with van der Waals surface area (Å²) in [6, 6.07) is 12.0. The number of aliphatic imine (C=N–C) groups is 1. The largest absolute Gasteiger partial charge is 0.417 e. The molecule has 3 N–H and O–H groups in total. The zero-order chi connectivity index (χ0) is 23.5. The predicted molar refractivity (Wildman–Crippen MR) is 118 cm³/mol. The summed E-state index contributed by atoms with van der Waals surface area (Å²) in [7, 11) is 1.58. The molecule has 0 aliphatic heterocycles. The van der Waals surface area contributed by atoms with Crippen LogP contribution in [0.15, 0.2) is 71.5 Å². The van der Waals surface area contributed by atoms with Crippen LogP contribution in [0.1, 0.15) is 22.8 Å². The second-order valence-electron chi connectivity index (χ2n) is 6.85. The van der Waals surface area contributed by atoms with Gasteiger partial charge in [-0.2, -0.15) is 18.3 Å². The molecule has 0 radical (unpaired) electrons. The van der Waals surface area contributed by atoms with Crippen molar-refractivity contribution in [1.29, 1.82) is 0 Å². The third kappa shape index (κ3) is 5.17. The number of rotatable bonds is 4. The molecule has 0 saturated carbocycles. The zero-order valence-electron chi connectivity index (χ0n) is 17.1. The zero-order valence-corrected chi connectivity index (χ0v) is 17.9. The average molecular weight is 462 g/mol. The normalized spacial score (nSPS) is 12.7. The first-order valence-corrected chi connectivity index (χ1v) is 9.72. The molecule has 0 unspecified atom stereocenters. The summed E-state index contributed by atoms with van der Waals surface area (Å²) in [5.74, 6) is -0.601. The first-order valence-electron chi connectivity index (χ1n) is 9.35. The molecule has 1 amide bonds. The van der Waals surface area contributed by atoms with Crippen molar-refractivity contribution in [2.45, 2.75) is 13.1 Å². The number of hydrogen-bond donors (Lipinski definition) is 2. The lowest BCUT2D eigenvalue weighted by Gasteiger charge is -2.15. The summed E-state index contributed by atoms with van der Waals surface area (Å²) in [4.78, 5) is 17.3. The molecule has 0 bridgehead atoms. The number of amides is 1. The van der Waals surface area contributed by atoms with Crippen molar-refractivity contribution in [2.75, 3.05) is 0 Å². The van der Waals surface area contributed by atoms with E-state index in [0.717, 1.165) is 12.1 Å². The topological polar surface area (TPSA) is 85.3 Å². The lowest BCUT2D eigenvalue weighted by molar-refractivity contribution is -0.137. The maximum atomic E-state index is 13.6. The Balaban J connectivity index is 2.06. The van der Waals surface area contributed by atoms with Crippen molar-refractivity contribution in [1.82, 2.24) is 15.1 Å². The Morgan fingerprint density at radius 1 is 1.22 bits per heavy atom. The van der Waals surface area contributed by atoms with Gasteiger partial charge in [0.1, 0.15) is 5.84 Å². The highest BCUT2D eigenvalue weighted by atomic mass is 35.5. The maximum Gasteiger partial charge on any atom is 0.417 e. The van der Waals surface area contributed by atoms with Crippen molar-refractivity contribution in [3.63, 3.8) is 0 Å². The van der Waals surface area contributed by atoms with Gasteiger partial charge in [0, 0.05) is 30.6 Å². The highest BCUT2D eigenvalue weighted by Gasteiger charge is 2.36. The number of nitrogens with zero attached hydrogens (tertiary/aromatic N) is 3. The van der Waals surface area contributed by atoms with Gasteiger partial charge in [0.25, 0.3) is 5.91 Å². The molecule has 1 heterocycles. The van der Waals surface area contributed by atoms with Gasteiger partial charge in [-0.05, 0) is 37.3 Å². The second-order valence-corrected chi connectivity index (χ2v) is 7.26. The Hall–Kier alpha value is -3.59. The van der Waals surface area contributed by atoms with E-state index in [1.165, 1.54) is 23.1 Å². The molecule has 3 aromatic rings. The smallest absolute Gasteiger partial charge is 0.404 e. The van der Waals surface area contributed by atoms with E-state index in [9.17, 15) is 18.0 Å². The molecule has 0 aliphatic carbocycles. The van der Waals surface area contributed by atoms with E-state index in [1.54, 1.807) is 38.2 Å². The fraction of sp³-hybridized carbons (Fsp3) is 0.136. The van der Waals surface area contributed by atoms with Gasteiger partial charge in [0.15, 0.2) is 0 Å². The minimum atomic E-state index is -4.69. The molecule has 1 aromatic heterocycles. The molecule has 32 heavy (non-hydrogen) atoms. The minimum Gasteiger partial charge on any atom is -0.404 e. The number of halogens is 4. The lowest BCUT2D eigenvalue weighted by atomic mass is 10.00. The Bertz CT molecular complexity index is 1200. The van der Waals surface area contributed by atoms with Crippen molar-refractivity contribution < 1.29 is 18.0 Å². The summed E-state index contributed by atoms with van der Waals surface area (Å²) in [6.07, 6.45) is -1.93. The third-order valence-electron chi connectivity index (χ3n) is 4.50. The molecular weight excluding hydrogens is 443 g/mol. The third-order valence-corrected chi connectivity index (χ3v) is 4.81. The molecule has 3 rings (SSSR count). The first kappa shape index (κ1) is 23.1. The highest BCUT2D eigenvalue weighted by molar-refractivity contribution is 6.34. The van der Waals surface area contributed by atoms with Crippen molar-refractivity contribution in [2.24, 2.45) is 17.8 Å². The minimum absolute atomic E-state index is 0.0572. The molecular formula is C22H19ClF3N5O. The van der Waals surface area contributed by atoms with Crippen LogP contribution in [0.5, 0.6) is 0 Å². The van der Waals surface area contributed by atoms with Gasteiger partial charge in [-0.15, -0.1) is 0 Å². The fourth-order valence-corrected chi connectivity index (χ4v) is 3.10. The number of carbonyl (C=O) groups is 1. The van der Waals surface area contributed by atoms with E-state index in [-0.39, 0.29) is 27.7 Å². The summed E-state index contributed by atoms with van der Waals surface area (Å²) < 4.78 is 42.2. The van der Waals surface area contributed by atoms with Crippen LogP contribution < -0.4 is 11.1 Å². The van der Waals surface area contributed by atoms with Crippen LogP contribution >= 0.6 is 11.6 Å². The van der Waals surface area contributed by atoms with E-state index in [0.29, 0.717) is 11.3 Å². The first-order chi connectivity index (χ1) is 15.1. The number of aryl methyl sites for hydroxylation is 1. The molecule has 0 atom stereocenters.